The Hall–Kier alpha value is -1.35. The molecule has 2 aromatic rings. The van der Waals surface area contributed by atoms with Gasteiger partial charge in [-0.25, -0.2) is 0 Å². The Morgan fingerprint density at radius 2 is 2.00 bits per heavy atom. The number of ether oxygens (including phenoxy) is 1. The maximum absolute atomic E-state index is 5.17. The summed E-state index contributed by atoms with van der Waals surface area (Å²) in [5, 5.41) is 0. The summed E-state index contributed by atoms with van der Waals surface area (Å²) in [5.74, 6) is 0.854. The predicted octanol–water partition coefficient (Wildman–Crippen LogP) is 3.52. The SMILES string of the molecule is COc1cccc(-c2cncc(Br)c2)c1. The van der Waals surface area contributed by atoms with E-state index in [4.69, 9.17) is 4.74 Å². The van der Waals surface area contributed by atoms with Crippen LogP contribution in [-0.4, -0.2) is 12.1 Å². The minimum absolute atomic E-state index is 0.854. The number of rotatable bonds is 2. The summed E-state index contributed by atoms with van der Waals surface area (Å²) in [6.07, 6.45) is 3.60. The molecule has 0 aliphatic heterocycles. The van der Waals surface area contributed by atoms with Gasteiger partial charge >= 0.3 is 0 Å². The highest BCUT2D eigenvalue weighted by atomic mass is 79.9. The molecule has 0 unspecified atom stereocenters. The number of benzene rings is 1. The summed E-state index contributed by atoms with van der Waals surface area (Å²) in [7, 11) is 1.66. The van der Waals surface area contributed by atoms with E-state index in [-0.39, 0.29) is 0 Å². The molecule has 0 saturated heterocycles. The summed E-state index contributed by atoms with van der Waals surface area (Å²) >= 11 is 3.40. The standard InChI is InChI=1S/C12H10BrNO/c1-15-12-4-2-3-9(6-12)10-5-11(13)8-14-7-10/h2-8H,1H3. The lowest BCUT2D eigenvalue weighted by Gasteiger charge is -2.04. The van der Waals surface area contributed by atoms with Gasteiger partial charge in [0.2, 0.25) is 0 Å². The molecule has 0 amide bonds. The lowest BCUT2D eigenvalue weighted by molar-refractivity contribution is 0.415. The summed E-state index contributed by atoms with van der Waals surface area (Å²) in [6.45, 7) is 0. The van der Waals surface area contributed by atoms with E-state index >= 15 is 0 Å². The Balaban J connectivity index is 2.44. The van der Waals surface area contributed by atoms with Gasteiger partial charge in [0.25, 0.3) is 0 Å². The molecule has 0 bridgehead atoms. The van der Waals surface area contributed by atoms with Crippen LogP contribution in [0.4, 0.5) is 0 Å². The van der Waals surface area contributed by atoms with Crippen molar-refractivity contribution in [2.24, 2.45) is 0 Å². The van der Waals surface area contributed by atoms with Crippen LogP contribution in [0.3, 0.4) is 0 Å². The molecule has 0 spiro atoms. The third-order valence-electron chi connectivity index (χ3n) is 2.11. The van der Waals surface area contributed by atoms with Crippen LogP contribution in [0.2, 0.25) is 0 Å². The van der Waals surface area contributed by atoms with Crippen LogP contribution < -0.4 is 4.74 Å². The second-order valence-electron chi connectivity index (χ2n) is 3.12. The molecule has 0 aliphatic rings. The smallest absolute Gasteiger partial charge is 0.119 e. The quantitative estimate of drug-likeness (QED) is 0.827. The number of aromatic nitrogens is 1. The van der Waals surface area contributed by atoms with Gasteiger partial charge < -0.3 is 4.74 Å². The van der Waals surface area contributed by atoms with Gasteiger partial charge in [0.05, 0.1) is 7.11 Å². The highest BCUT2D eigenvalue weighted by Gasteiger charge is 2.00. The topological polar surface area (TPSA) is 22.1 Å². The van der Waals surface area contributed by atoms with Gasteiger partial charge in [0.15, 0.2) is 0 Å². The van der Waals surface area contributed by atoms with Crippen molar-refractivity contribution in [3.63, 3.8) is 0 Å². The molecule has 2 rings (SSSR count). The number of halogens is 1. The van der Waals surface area contributed by atoms with E-state index in [0.29, 0.717) is 0 Å². The molecule has 0 fully saturated rings. The van der Waals surface area contributed by atoms with E-state index in [1.165, 1.54) is 0 Å². The van der Waals surface area contributed by atoms with Gasteiger partial charge in [-0.15, -0.1) is 0 Å². The first-order chi connectivity index (χ1) is 7.29. The number of hydrogen-bond donors (Lipinski definition) is 0. The molecular formula is C12H10BrNO. The van der Waals surface area contributed by atoms with E-state index in [9.17, 15) is 0 Å². The molecule has 1 aromatic heterocycles. The van der Waals surface area contributed by atoms with Crippen LogP contribution in [0, 0.1) is 0 Å². The fraction of sp³-hybridized carbons (Fsp3) is 0.0833. The van der Waals surface area contributed by atoms with E-state index < -0.39 is 0 Å². The normalized spacial score (nSPS) is 10.0. The van der Waals surface area contributed by atoms with Crippen LogP contribution in [0.15, 0.2) is 47.2 Å². The fourth-order valence-corrected chi connectivity index (χ4v) is 1.74. The van der Waals surface area contributed by atoms with Gasteiger partial charge in [-0.2, -0.15) is 0 Å². The van der Waals surface area contributed by atoms with Crippen molar-refractivity contribution < 1.29 is 4.74 Å². The maximum atomic E-state index is 5.17. The molecule has 0 N–H and O–H groups in total. The largest absolute Gasteiger partial charge is 0.497 e. The highest BCUT2D eigenvalue weighted by Crippen LogP contribution is 2.24. The minimum Gasteiger partial charge on any atom is -0.497 e. The molecule has 1 aromatic carbocycles. The van der Waals surface area contributed by atoms with Crippen molar-refractivity contribution in [1.82, 2.24) is 4.98 Å². The molecule has 76 valence electrons. The van der Waals surface area contributed by atoms with Crippen LogP contribution in [0.5, 0.6) is 5.75 Å². The summed E-state index contributed by atoms with van der Waals surface area (Å²) < 4.78 is 6.15. The van der Waals surface area contributed by atoms with Crippen molar-refractivity contribution in [2.45, 2.75) is 0 Å². The number of nitrogens with zero attached hydrogens (tertiary/aromatic N) is 1. The molecule has 1 heterocycles. The number of methoxy groups -OCH3 is 1. The molecular weight excluding hydrogens is 254 g/mol. The average molecular weight is 264 g/mol. The Bertz CT molecular complexity index is 471. The summed E-state index contributed by atoms with van der Waals surface area (Å²) in [4.78, 5) is 4.13. The zero-order chi connectivity index (χ0) is 10.7. The van der Waals surface area contributed by atoms with Crippen molar-refractivity contribution in [1.29, 1.82) is 0 Å². The van der Waals surface area contributed by atoms with Gasteiger partial charge in [-0.05, 0) is 39.7 Å². The first kappa shape index (κ1) is 10.2. The molecule has 0 radical (unpaired) electrons. The van der Waals surface area contributed by atoms with Crippen molar-refractivity contribution >= 4 is 15.9 Å². The van der Waals surface area contributed by atoms with Crippen molar-refractivity contribution in [3.8, 4) is 16.9 Å². The van der Waals surface area contributed by atoms with Crippen LogP contribution in [0.25, 0.3) is 11.1 Å². The predicted molar refractivity (Wildman–Crippen MR) is 63.9 cm³/mol. The lowest BCUT2D eigenvalue weighted by Crippen LogP contribution is -1.84. The van der Waals surface area contributed by atoms with Crippen LogP contribution >= 0.6 is 15.9 Å². The molecule has 15 heavy (non-hydrogen) atoms. The number of pyridine rings is 1. The third kappa shape index (κ3) is 2.36. The van der Waals surface area contributed by atoms with E-state index in [1.54, 1.807) is 13.3 Å². The van der Waals surface area contributed by atoms with Crippen LogP contribution in [-0.2, 0) is 0 Å². The Labute approximate surface area is 97.1 Å². The molecule has 2 nitrogen and oxygen atoms in total. The fourth-order valence-electron chi connectivity index (χ4n) is 1.37. The summed E-state index contributed by atoms with van der Waals surface area (Å²) in [5.41, 5.74) is 2.17. The first-order valence-electron chi connectivity index (χ1n) is 4.54. The van der Waals surface area contributed by atoms with E-state index in [0.717, 1.165) is 21.3 Å². The zero-order valence-corrected chi connectivity index (χ0v) is 9.86. The van der Waals surface area contributed by atoms with Gasteiger partial charge in [0.1, 0.15) is 5.75 Å². The van der Waals surface area contributed by atoms with Gasteiger partial charge in [-0.1, -0.05) is 12.1 Å². The lowest BCUT2D eigenvalue weighted by atomic mass is 10.1. The molecule has 0 saturated carbocycles. The van der Waals surface area contributed by atoms with E-state index in [1.807, 2.05) is 36.5 Å². The Morgan fingerprint density at radius 1 is 1.13 bits per heavy atom. The maximum Gasteiger partial charge on any atom is 0.119 e. The van der Waals surface area contributed by atoms with Gasteiger partial charge in [0, 0.05) is 22.4 Å². The van der Waals surface area contributed by atoms with Crippen molar-refractivity contribution in [3.05, 3.63) is 47.2 Å². The number of hydrogen-bond acceptors (Lipinski definition) is 2. The van der Waals surface area contributed by atoms with Crippen molar-refractivity contribution in [2.75, 3.05) is 7.11 Å². The van der Waals surface area contributed by atoms with Crippen LogP contribution in [0.1, 0.15) is 0 Å². The second kappa shape index (κ2) is 4.45. The monoisotopic (exact) mass is 263 g/mol. The first-order valence-corrected chi connectivity index (χ1v) is 5.34. The summed E-state index contributed by atoms with van der Waals surface area (Å²) in [6, 6.07) is 9.95. The van der Waals surface area contributed by atoms with Gasteiger partial charge in [-0.3, -0.25) is 4.98 Å². The highest BCUT2D eigenvalue weighted by molar-refractivity contribution is 9.10. The molecule has 0 atom stereocenters. The Morgan fingerprint density at radius 3 is 2.73 bits per heavy atom. The Kier molecular flexibility index (Phi) is 3.02. The average Bonchev–Trinajstić information content (AvgIpc) is 2.29. The third-order valence-corrected chi connectivity index (χ3v) is 2.54. The molecule has 0 aliphatic carbocycles. The molecule has 3 heteroatoms. The van der Waals surface area contributed by atoms with E-state index in [2.05, 4.69) is 20.9 Å². The minimum atomic E-state index is 0.854. The zero-order valence-electron chi connectivity index (χ0n) is 8.27. The second-order valence-corrected chi connectivity index (χ2v) is 4.04.